The highest BCUT2D eigenvalue weighted by Gasteiger charge is 2.36. The molecule has 2 amide bonds. The summed E-state index contributed by atoms with van der Waals surface area (Å²) in [5.41, 5.74) is 0.909. The standard InChI is InChI=1S/C28H31FN2O4S/c1-28(2,3)31(27(33)19-7-5-9-21(15-19)34-4)17-26(32)30-13-11-25-23(12-14-36-25)24(30)18-35-22-10-6-8-20(29)16-22/h5-10,12,14-16,24H,11,13,17-18H2,1-4H3/t24-/m0/s1. The van der Waals surface area contributed by atoms with Gasteiger partial charge >= 0.3 is 0 Å². The van der Waals surface area contributed by atoms with E-state index < -0.39 is 5.54 Å². The fourth-order valence-electron chi connectivity index (χ4n) is 4.36. The molecule has 0 spiro atoms. The van der Waals surface area contributed by atoms with Gasteiger partial charge in [-0.1, -0.05) is 12.1 Å². The predicted octanol–water partition coefficient (Wildman–Crippen LogP) is 5.34. The molecule has 0 saturated carbocycles. The van der Waals surface area contributed by atoms with Crippen LogP contribution in [0, 0.1) is 5.82 Å². The third kappa shape index (κ3) is 5.70. The molecule has 0 fully saturated rings. The maximum absolute atomic E-state index is 13.7. The van der Waals surface area contributed by atoms with Gasteiger partial charge in [-0.15, -0.1) is 11.3 Å². The number of fused-ring (bicyclic) bond motifs is 1. The largest absolute Gasteiger partial charge is 0.497 e. The Kier molecular flexibility index (Phi) is 7.64. The second-order valence-electron chi connectivity index (χ2n) is 9.71. The van der Waals surface area contributed by atoms with E-state index in [9.17, 15) is 14.0 Å². The van der Waals surface area contributed by atoms with Crippen molar-refractivity contribution < 1.29 is 23.5 Å². The van der Waals surface area contributed by atoms with Crippen LogP contribution >= 0.6 is 11.3 Å². The number of hydrogen-bond acceptors (Lipinski definition) is 5. The normalized spacial score (nSPS) is 15.2. The summed E-state index contributed by atoms with van der Waals surface area (Å²) in [6.07, 6.45) is 0.745. The van der Waals surface area contributed by atoms with E-state index >= 15 is 0 Å². The third-order valence-corrected chi connectivity index (χ3v) is 7.28. The minimum absolute atomic E-state index is 0.0739. The monoisotopic (exact) mass is 510 g/mol. The van der Waals surface area contributed by atoms with Gasteiger partial charge in [-0.3, -0.25) is 9.59 Å². The zero-order valence-corrected chi connectivity index (χ0v) is 21.8. The summed E-state index contributed by atoms with van der Waals surface area (Å²) >= 11 is 1.66. The van der Waals surface area contributed by atoms with Crippen molar-refractivity contribution in [2.24, 2.45) is 0 Å². The molecule has 1 aliphatic rings. The van der Waals surface area contributed by atoms with E-state index in [0.717, 1.165) is 12.0 Å². The van der Waals surface area contributed by atoms with Gasteiger partial charge in [-0.05, 0) is 74.5 Å². The van der Waals surface area contributed by atoms with E-state index in [2.05, 4.69) is 0 Å². The second-order valence-corrected chi connectivity index (χ2v) is 10.7. The summed E-state index contributed by atoms with van der Waals surface area (Å²) in [4.78, 5) is 31.8. The Bertz CT molecular complexity index is 1240. The van der Waals surface area contributed by atoms with Crippen molar-refractivity contribution in [3.05, 3.63) is 81.8 Å². The van der Waals surface area contributed by atoms with Crippen molar-refractivity contribution in [3.8, 4) is 11.5 Å². The predicted molar refractivity (Wildman–Crippen MR) is 138 cm³/mol. The van der Waals surface area contributed by atoms with Gasteiger partial charge in [0, 0.05) is 28.6 Å². The third-order valence-electron chi connectivity index (χ3n) is 6.28. The van der Waals surface area contributed by atoms with E-state index in [1.807, 2.05) is 32.2 Å². The molecule has 0 bridgehead atoms. The van der Waals surface area contributed by atoms with Crippen molar-refractivity contribution in [2.75, 3.05) is 26.8 Å². The number of benzene rings is 2. The van der Waals surface area contributed by atoms with Crippen molar-refractivity contribution >= 4 is 23.2 Å². The highest BCUT2D eigenvalue weighted by Crippen LogP contribution is 2.34. The molecule has 3 aromatic rings. The number of carbonyl (C=O) groups is 2. The van der Waals surface area contributed by atoms with E-state index in [0.29, 0.717) is 23.6 Å². The highest BCUT2D eigenvalue weighted by molar-refractivity contribution is 7.10. The Hall–Kier alpha value is -3.39. The van der Waals surface area contributed by atoms with Crippen LogP contribution in [0.5, 0.6) is 11.5 Å². The molecule has 0 radical (unpaired) electrons. The van der Waals surface area contributed by atoms with Gasteiger partial charge in [0.25, 0.3) is 5.91 Å². The molecule has 0 aliphatic carbocycles. The van der Waals surface area contributed by atoms with Crippen LogP contribution in [0.3, 0.4) is 0 Å². The van der Waals surface area contributed by atoms with E-state index in [1.54, 1.807) is 64.6 Å². The lowest BCUT2D eigenvalue weighted by molar-refractivity contribution is -0.136. The number of ether oxygens (including phenoxy) is 2. The maximum Gasteiger partial charge on any atom is 0.254 e. The molecule has 2 heterocycles. The Labute approximate surface area is 215 Å². The molecule has 8 heteroatoms. The average molecular weight is 511 g/mol. The van der Waals surface area contributed by atoms with E-state index in [-0.39, 0.29) is 36.8 Å². The molecule has 1 aliphatic heterocycles. The Morgan fingerprint density at radius 2 is 1.86 bits per heavy atom. The fourth-order valence-corrected chi connectivity index (χ4v) is 5.29. The molecule has 4 rings (SSSR count). The maximum atomic E-state index is 13.7. The molecule has 1 aromatic heterocycles. The lowest BCUT2D eigenvalue weighted by atomic mass is 9.99. The number of nitrogens with zero attached hydrogens (tertiary/aromatic N) is 2. The highest BCUT2D eigenvalue weighted by atomic mass is 32.1. The molecule has 6 nitrogen and oxygen atoms in total. The van der Waals surface area contributed by atoms with Gasteiger partial charge in [0.2, 0.25) is 5.91 Å². The molecule has 0 saturated heterocycles. The molecule has 36 heavy (non-hydrogen) atoms. The zero-order valence-electron chi connectivity index (χ0n) is 21.0. The summed E-state index contributed by atoms with van der Waals surface area (Å²) in [6.45, 7) is 6.38. The van der Waals surface area contributed by atoms with Gasteiger partial charge in [-0.25, -0.2) is 4.39 Å². The first kappa shape index (κ1) is 25.7. The summed E-state index contributed by atoms with van der Waals surface area (Å²) < 4.78 is 24.9. The first-order valence-corrected chi connectivity index (χ1v) is 12.8. The molecule has 0 unspecified atom stereocenters. The summed E-state index contributed by atoms with van der Waals surface area (Å²) in [6, 6.07) is 14.6. The van der Waals surface area contributed by atoms with Gasteiger partial charge in [0.15, 0.2) is 0 Å². The number of carbonyl (C=O) groups excluding carboxylic acids is 2. The Balaban J connectivity index is 1.56. The summed E-state index contributed by atoms with van der Waals surface area (Å²) in [5, 5.41) is 2.02. The van der Waals surface area contributed by atoms with Crippen LogP contribution in [-0.2, 0) is 11.2 Å². The van der Waals surface area contributed by atoms with Crippen molar-refractivity contribution in [1.29, 1.82) is 0 Å². The van der Waals surface area contributed by atoms with Crippen molar-refractivity contribution in [2.45, 2.75) is 38.8 Å². The first-order valence-electron chi connectivity index (χ1n) is 11.9. The zero-order chi connectivity index (χ0) is 25.9. The summed E-state index contributed by atoms with van der Waals surface area (Å²) in [5.74, 6) is 0.212. The second kappa shape index (κ2) is 10.7. The number of rotatable bonds is 7. The van der Waals surface area contributed by atoms with Gasteiger partial charge in [-0.2, -0.15) is 0 Å². The number of halogens is 1. The molecular formula is C28H31FN2O4S. The lowest BCUT2D eigenvalue weighted by Crippen LogP contribution is -2.53. The van der Waals surface area contributed by atoms with Crippen LogP contribution in [-0.4, -0.2) is 54.0 Å². The molecular weight excluding hydrogens is 479 g/mol. The molecule has 0 N–H and O–H groups in total. The summed E-state index contributed by atoms with van der Waals surface area (Å²) in [7, 11) is 1.55. The minimum Gasteiger partial charge on any atom is -0.497 e. The number of amides is 2. The molecule has 2 aromatic carbocycles. The molecule has 190 valence electrons. The lowest BCUT2D eigenvalue weighted by Gasteiger charge is -2.40. The topological polar surface area (TPSA) is 59.1 Å². The van der Waals surface area contributed by atoms with Crippen molar-refractivity contribution in [1.82, 2.24) is 9.80 Å². The van der Waals surface area contributed by atoms with Crippen molar-refractivity contribution in [3.63, 3.8) is 0 Å². The van der Waals surface area contributed by atoms with Crippen LogP contribution in [0.4, 0.5) is 4.39 Å². The number of thiophene rings is 1. The number of hydrogen-bond donors (Lipinski definition) is 0. The van der Waals surface area contributed by atoms with Gasteiger partial charge in [0.1, 0.15) is 30.5 Å². The quantitative estimate of drug-likeness (QED) is 0.431. The van der Waals surface area contributed by atoms with Gasteiger partial charge < -0.3 is 19.3 Å². The van der Waals surface area contributed by atoms with Crippen LogP contribution in [0.1, 0.15) is 47.6 Å². The smallest absolute Gasteiger partial charge is 0.254 e. The first-order chi connectivity index (χ1) is 17.2. The SMILES string of the molecule is COc1cccc(C(=O)N(CC(=O)N2CCc3sccc3[C@@H]2COc2cccc(F)c2)C(C)(C)C)c1. The van der Waals surface area contributed by atoms with Crippen LogP contribution in [0.2, 0.25) is 0 Å². The molecule has 1 atom stereocenters. The van der Waals surface area contributed by atoms with Crippen LogP contribution in [0.25, 0.3) is 0 Å². The van der Waals surface area contributed by atoms with E-state index in [1.165, 1.54) is 17.0 Å². The van der Waals surface area contributed by atoms with Crippen LogP contribution < -0.4 is 9.47 Å². The minimum atomic E-state index is -0.591. The average Bonchev–Trinajstić information content (AvgIpc) is 3.34. The fraction of sp³-hybridized carbons (Fsp3) is 0.357. The van der Waals surface area contributed by atoms with E-state index in [4.69, 9.17) is 9.47 Å². The van der Waals surface area contributed by atoms with Crippen LogP contribution in [0.15, 0.2) is 60.0 Å². The van der Waals surface area contributed by atoms with Gasteiger partial charge in [0.05, 0.1) is 13.2 Å². The Morgan fingerprint density at radius 3 is 2.58 bits per heavy atom. The number of methoxy groups -OCH3 is 1. The Morgan fingerprint density at radius 1 is 1.11 bits per heavy atom.